The molecule has 0 radical (unpaired) electrons. The van der Waals surface area contributed by atoms with Gasteiger partial charge in [-0.15, -0.1) is 0 Å². The van der Waals surface area contributed by atoms with Crippen LogP contribution in [-0.2, 0) is 10.3 Å². The Kier molecular flexibility index (Phi) is 2.46. The van der Waals surface area contributed by atoms with Gasteiger partial charge in [0.05, 0.1) is 0 Å². The van der Waals surface area contributed by atoms with Gasteiger partial charge in [-0.2, -0.15) is 0 Å². The molecule has 2 rings (SSSR count). The maximum Gasteiger partial charge on any atom is 0.298 e. The van der Waals surface area contributed by atoms with Crippen LogP contribution >= 0.6 is 0 Å². The van der Waals surface area contributed by atoms with Crippen LogP contribution in [0.2, 0.25) is 0 Å². The van der Waals surface area contributed by atoms with Crippen LogP contribution in [0.15, 0.2) is 30.5 Å². The van der Waals surface area contributed by atoms with Crippen LogP contribution in [0, 0.1) is 0 Å². The van der Waals surface area contributed by atoms with Crippen molar-refractivity contribution in [1.29, 1.82) is 0 Å². The minimum atomic E-state index is 0.0504. The van der Waals surface area contributed by atoms with E-state index >= 15 is 0 Å². The van der Waals surface area contributed by atoms with Crippen molar-refractivity contribution in [3.63, 3.8) is 0 Å². The van der Waals surface area contributed by atoms with Crippen molar-refractivity contribution in [2.24, 2.45) is 0 Å². The standard InChI is InChI=1S/C13H15NO2/c1-13(2,3)14-7-6-10-8-11(16-9-15)4-5-12(10)14/h4-9H,1-3H3. The molecule has 1 aromatic heterocycles. The molecule has 0 aliphatic carbocycles. The van der Waals surface area contributed by atoms with Crippen molar-refractivity contribution >= 4 is 17.4 Å². The number of carbonyl (C=O) groups excluding carboxylic acids is 1. The summed E-state index contributed by atoms with van der Waals surface area (Å²) < 4.78 is 7.02. The molecular formula is C13H15NO2. The van der Waals surface area contributed by atoms with E-state index in [1.54, 1.807) is 6.07 Å². The Labute approximate surface area is 94.6 Å². The maximum atomic E-state index is 10.2. The second-order valence-corrected chi connectivity index (χ2v) is 4.79. The fourth-order valence-corrected chi connectivity index (χ4v) is 1.83. The second kappa shape index (κ2) is 3.67. The van der Waals surface area contributed by atoms with Crippen molar-refractivity contribution in [2.75, 3.05) is 0 Å². The predicted octanol–water partition coefficient (Wildman–Crippen LogP) is 2.93. The molecule has 3 nitrogen and oxygen atoms in total. The minimum Gasteiger partial charge on any atom is -0.429 e. The average molecular weight is 217 g/mol. The molecule has 1 heterocycles. The Bertz CT molecular complexity index is 520. The molecule has 0 aliphatic heterocycles. The minimum absolute atomic E-state index is 0.0504. The van der Waals surface area contributed by atoms with Crippen molar-refractivity contribution in [2.45, 2.75) is 26.3 Å². The molecule has 0 spiro atoms. The van der Waals surface area contributed by atoms with E-state index in [9.17, 15) is 4.79 Å². The molecule has 0 amide bonds. The summed E-state index contributed by atoms with van der Waals surface area (Å²) in [6.07, 6.45) is 2.05. The highest BCUT2D eigenvalue weighted by Gasteiger charge is 2.14. The van der Waals surface area contributed by atoms with Gasteiger partial charge in [0.25, 0.3) is 6.47 Å². The molecular weight excluding hydrogens is 202 g/mol. The number of rotatable bonds is 2. The molecule has 0 N–H and O–H groups in total. The van der Waals surface area contributed by atoms with E-state index in [-0.39, 0.29) is 5.54 Å². The van der Waals surface area contributed by atoms with Crippen LogP contribution < -0.4 is 4.74 Å². The Morgan fingerprint density at radius 2 is 2.00 bits per heavy atom. The fourth-order valence-electron chi connectivity index (χ4n) is 1.83. The summed E-state index contributed by atoms with van der Waals surface area (Å²) in [5.74, 6) is 0.578. The second-order valence-electron chi connectivity index (χ2n) is 4.79. The Morgan fingerprint density at radius 3 is 2.62 bits per heavy atom. The molecule has 16 heavy (non-hydrogen) atoms. The van der Waals surface area contributed by atoms with E-state index in [2.05, 4.69) is 31.5 Å². The van der Waals surface area contributed by atoms with Gasteiger partial charge in [-0.3, -0.25) is 4.79 Å². The predicted molar refractivity (Wildman–Crippen MR) is 63.6 cm³/mol. The first kappa shape index (κ1) is 10.7. The van der Waals surface area contributed by atoms with Gasteiger partial charge >= 0.3 is 0 Å². The molecule has 0 fully saturated rings. The molecule has 0 bridgehead atoms. The normalized spacial score (nSPS) is 11.7. The molecule has 0 saturated carbocycles. The van der Waals surface area contributed by atoms with Crippen molar-refractivity contribution in [3.05, 3.63) is 30.5 Å². The number of carbonyl (C=O) groups is 1. The Morgan fingerprint density at radius 1 is 1.25 bits per heavy atom. The summed E-state index contributed by atoms with van der Waals surface area (Å²) in [5.41, 5.74) is 1.19. The Balaban J connectivity index is 2.55. The highest BCUT2D eigenvalue weighted by atomic mass is 16.5. The molecule has 2 aromatic rings. The number of benzene rings is 1. The van der Waals surface area contributed by atoms with Gasteiger partial charge in [0.1, 0.15) is 5.75 Å². The first-order valence-electron chi connectivity index (χ1n) is 5.24. The third-order valence-electron chi connectivity index (χ3n) is 2.57. The summed E-state index contributed by atoms with van der Waals surface area (Å²) in [6.45, 7) is 6.91. The fraction of sp³-hybridized carbons (Fsp3) is 0.308. The third kappa shape index (κ3) is 1.81. The highest BCUT2D eigenvalue weighted by Crippen LogP contribution is 2.26. The smallest absolute Gasteiger partial charge is 0.298 e. The summed E-state index contributed by atoms with van der Waals surface area (Å²) in [5, 5.41) is 1.08. The van der Waals surface area contributed by atoms with E-state index in [4.69, 9.17) is 4.74 Å². The van der Waals surface area contributed by atoms with Crippen molar-refractivity contribution < 1.29 is 9.53 Å². The molecule has 0 atom stereocenters. The summed E-state index contributed by atoms with van der Waals surface area (Å²) in [4.78, 5) is 10.2. The SMILES string of the molecule is CC(C)(C)n1ccc2cc(OC=O)ccc21. The first-order chi connectivity index (χ1) is 7.52. The topological polar surface area (TPSA) is 31.2 Å². The lowest BCUT2D eigenvalue weighted by atomic mass is 10.1. The number of ether oxygens (including phenoxy) is 1. The summed E-state index contributed by atoms with van der Waals surface area (Å²) >= 11 is 0. The van der Waals surface area contributed by atoms with E-state index in [0.717, 1.165) is 10.9 Å². The summed E-state index contributed by atoms with van der Waals surface area (Å²) in [7, 11) is 0. The molecule has 0 unspecified atom stereocenters. The van der Waals surface area contributed by atoms with Crippen LogP contribution in [0.25, 0.3) is 10.9 Å². The first-order valence-corrected chi connectivity index (χ1v) is 5.24. The lowest BCUT2D eigenvalue weighted by Crippen LogP contribution is -2.20. The van der Waals surface area contributed by atoms with Gasteiger partial charge in [-0.25, -0.2) is 0 Å². The lowest BCUT2D eigenvalue weighted by Gasteiger charge is -2.22. The average Bonchev–Trinajstić information content (AvgIpc) is 2.60. The number of nitrogens with zero attached hydrogens (tertiary/aromatic N) is 1. The molecule has 84 valence electrons. The zero-order valence-electron chi connectivity index (χ0n) is 9.73. The number of aromatic nitrogens is 1. The van der Waals surface area contributed by atoms with Crippen molar-refractivity contribution in [1.82, 2.24) is 4.57 Å². The van der Waals surface area contributed by atoms with Crippen LogP contribution in [0.4, 0.5) is 0 Å². The van der Waals surface area contributed by atoms with Gasteiger partial charge in [0.2, 0.25) is 0 Å². The Hall–Kier alpha value is -1.77. The maximum absolute atomic E-state index is 10.2. The van der Waals surface area contributed by atoms with E-state index in [1.165, 1.54) is 0 Å². The number of hydrogen-bond acceptors (Lipinski definition) is 2. The zero-order valence-corrected chi connectivity index (χ0v) is 9.73. The molecule has 0 aliphatic rings. The van der Waals surface area contributed by atoms with E-state index in [1.807, 2.05) is 18.2 Å². The van der Waals surface area contributed by atoms with Gasteiger partial charge in [-0.1, -0.05) is 0 Å². The lowest BCUT2D eigenvalue weighted by molar-refractivity contribution is -0.120. The van der Waals surface area contributed by atoms with Crippen LogP contribution in [0.3, 0.4) is 0 Å². The van der Waals surface area contributed by atoms with Crippen LogP contribution in [0.5, 0.6) is 5.75 Å². The zero-order chi connectivity index (χ0) is 11.8. The van der Waals surface area contributed by atoms with Crippen LogP contribution in [0.1, 0.15) is 20.8 Å². The van der Waals surface area contributed by atoms with Gasteiger partial charge in [-0.05, 0) is 45.0 Å². The number of hydrogen-bond donors (Lipinski definition) is 0. The van der Waals surface area contributed by atoms with Gasteiger partial charge in [0, 0.05) is 22.6 Å². The quantitative estimate of drug-likeness (QED) is 0.724. The van der Waals surface area contributed by atoms with Gasteiger partial charge in [0.15, 0.2) is 0 Å². The largest absolute Gasteiger partial charge is 0.429 e. The molecule has 3 heteroatoms. The molecule has 1 aromatic carbocycles. The van der Waals surface area contributed by atoms with E-state index < -0.39 is 0 Å². The summed E-state index contributed by atoms with van der Waals surface area (Å²) in [6, 6.07) is 7.67. The van der Waals surface area contributed by atoms with E-state index in [0.29, 0.717) is 12.2 Å². The highest BCUT2D eigenvalue weighted by molar-refractivity contribution is 5.82. The third-order valence-corrected chi connectivity index (χ3v) is 2.57. The monoisotopic (exact) mass is 217 g/mol. The van der Waals surface area contributed by atoms with Gasteiger partial charge < -0.3 is 9.30 Å². The van der Waals surface area contributed by atoms with Crippen LogP contribution in [-0.4, -0.2) is 11.0 Å². The van der Waals surface area contributed by atoms with Crippen molar-refractivity contribution in [3.8, 4) is 5.75 Å². The number of fused-ring (bicyclic) bond motifs is 1. The molecule has 0 saturated heterocycles.